The van der Waals surface area contributed by atoms with Crippen molar-refractivity contribution in [1.82, 2.24) is 9.55 Å². The van der Waals surface area contributed by atoms with Gasteiger partial charge in [0.2, 0.25) is 0 Å². The van der Waals surface area contributed by atoms with Crippen molar-refractivity contribution in [2.75, 3.05) is 0 Å². The Balaban J connectivity index is 1.71. The van der Waals surface area contributed by atoms with E-state index in [1.807, 2.05) is 12.1 Å². The Kier molecular flexibility index (Phi) is 3.19. The van der Waals surface area contributed by atoms with Gasteiger partial charge in [0.15, 0.2) is 0 Å². The maximum atomic E-state index is 6.37. The zero-order valence-corrected chi connectivity index (χ0v) is 17.2. The van der Waals surface area contributed by atoms with Gasteiger partial charge in [-0.25, -0.2) is 4.98 Å². The van der Waals surface area contributed by atoms with E-state index in [9.17, 15) is 0 Å². The van der Waals surface area contributed by atoms with Gasteiger partial charge in [-0.3, -0.25) is 4.57 Å². The highest BCUT2D eigenvalue weighted by Gasteiger charge is 2.53. The fourth-order valence-electron chi connectivity index (χ4n) is 5.47. The maximum Gasteiger partial charge on any atom is 0.134 e. The number of nitrogens with zero attached hydrogens (tertiary/aromatic N) is 2. The summed E-state index contributed by atoms with van der Waals surface area (Å²) in [5, 5.41) is 0. The van der Waals surface area contributed by atoms with Gasteiger partial charge in [-0.15, -0.1) is 0 Å². The highest BCUT2D eigenvalue weighted by atomic mass is 16.5. The predicted molar refractivity (Wildman–Crippen MR) is 122 cm³/mol. The average Bonchev–Trinajstić information content (AvgIpc) is 3.33. The third-order valence-corrected chi connectivity index (χ3v) is 6.81. The topological polar surface area (TPSA) is 27.1 Å². The first kappa shape index (κ1) is 16.9. The number of rotatable bonds is 1. The molecule has 0 aliphatic carbocycles. The standard InChI is InChI=1S/C28H20N2O/c1-2-18-15-16-24-22(17-18)29-27-28(19-9-3-6-12-23(19)30(24)27)20-10-4-7-13-25(20)31-26-14-8-5-11-21(26)28/h3-17H,2H2,1H3. The van der Waals surface area contributed by atoms with E-state index in [0.29, 0.717) is 0 Å². The van der Waals surface area contributed by atoms with E-state index in [4.69, 9.17) is 9.72 Å². The summed E-state index contributed by atoms with van der Waals surface area (Å²) in [6.45, 7) is 2.19. The molecular formula is C28H20N2O. The van der Waals surface area contributed by atoms with E-state index in [1.165, 1.54) is 16.8 Å². The molecule has 0 fully saturated rings. The molecule has 2 aliphatic heterocycles. The second kappa shape index (κ2) is 5.86. The molecule has 5 aromatic rings. The van der Waals surface area contributed by atoms with Crippen molar-refractivity contribution in [1.29, 1.82) is 0 Å². The third kappa shape index (κ3) is 1.96. The van der Waals surface area contributed by atoms with Crippen LogP contribution in [0.4, 0.5) is 0 Å². The van der Waals surface area contributed by atoms with Crippen LogP contribution in [0.1, 0.15) is 35.0 Å². The quantitative estimate of drug-likeness (QED) is 0.319. The lowest BCUT2D eigenvalue weighted by molar-refractivity contribution is 0.433. The van der Waals surface area contributed by atoms with Crippen LogP contribution >= 0.6 is 0 Å². The molecule has 2 aliphatic rings. The average molecular weight is 400 g/mol. The molecule has 0 atom stereocenters. The lowest BCUT2D eigenvalue weighted by Crippen LogP contribution is -2.33. The van der Waals surface area contributed by atoms with E-state index in [1.54, 1.807) is 0 Å². The number of fused-ring (bicyclic) bond motifs is 11. The molecule has 3 heterocycles. The molecular weight excluding hydrogens is 380 g/mol. The molecule has 0 unspecified atom stereocenters. The van der Waals surface area contributed by atoms with Crippen molar-refractivity contribution in [2.45, 2.75) is 18.8 Å². The monoisotopic (exact) mass is 400 g/mol. The summed E-state index contributed by atoms with van der Waals surface area (Å²) < 4.78 is 8.72. The molecule has 4 aromatic carbocycles. The summed E-state index contributed by atoms with van der Waals surface area (Å²) in [6, 6.07) is 32.2. The number of ether oxygens (including phenoxy) is 1. The molecule has 0 radical (unpaired) electrons. The van der Waals surface area contributed by atoms with Crippen LogP contribution in [-0.4, -0.2) is 9.55 Å². The summed E-state index contributed by atoms with van der Waals surface area (Å²) in [4.78, 5) is 5.30. The molecule has 0 N–H and O–H groups in total. The molecule has 3 nitrogen and oxygen atoms in total. The first-order valence-electron chi connectivity index (χ1n) is 10.8. The SMILES string of the molecule is CCc1ccc2c(c1)nc1n2-c2ccccc2C12c1ccccc1Oc1ccccc12. The van der Waals surface area contributed by atoms with Gasteiger partial charge in [-0.05, 0) is 47.9 Å². The van der Waals surface area contributed by atoms with Crippen LogP contribution in [0, 0.1) is 0 Å². The van der Waals surface area contributed by atoms with Crippen LogP contribution in [0.25, 0.3) is 16.7 Å². The van der Waals surface area contributed by atoms with E-state index < -0.39 is 5.41 Å². The highest BCUT2D eigenvalue weighted by molar-refractivity contribution is 5.85. The van der Waals surface area contributed by atoms with Crippen molar-refractivity contribution < 1.29 is 4.74 Å². The second-order valence-electron chi connectivity index (χ2n) is 8.31. The molecule has 0 amide bonds. The molecule has 1 aromatic heterocycles. The Labute approximate surface area is 180 Å². The number of hydrogen-bond donors (Lipinski definition) is 0. The highest BCUT2D eigenvalue weighted by Crippen LogP contribution is 2.59. The van der Waals surface area contributed by atoms with Crippen LogP contribution in [0.5, 0.6) is 11.5 Å². The fourth-order valence-corrected chi connectivity index (χ4v) is 5.47. The molecule has 0 bridgehead atoms. The number of aromatic nitrogens is 2. The third-order valence-electron chi connectivity index (χ3n) is 6.81. The van der Waals surface area contributed by atoms with E-state index >= 15 is 0 Å². The summed E-state index contributed by atoms with van der Waals surface area (Å²) >= 11 is 0. The molecule has 1 spiro atoms. The van der Waals surface area contributed by atoms with Gasteiger partial charge < -0.3 is 4.74 Å². The normalized spacial score (nSPS) is 14.6. The molecule has 3 heteroatoms. The zero-order chi connectivity index (χ0) is 20.6. The van der Waals surface area contributed by atoms with Gasteiger partial charge in [0, 0.05) is 11.1 Å². The van der Waals surface area contributed by atoms with Gasteiger partial charge in [-0.1, -0.05) is 67.6 Å². The van der Waals surface area contributed by atoms with Gasteiger partial charge in [0.25, 0.3) is 0 Å². The van der Waals surface area contributed by atoms with E-state index in [2.05, 4.69) is 90.4 Å². The van der Waals surface area contributed by atoms with E-state index in [-0.39, 0.29) is 0 Å². The van der Waals surface area contributed by atoms with Crippen LogP contribution in [0.2, 0.25) is 0 Å². The Hall–Kier alpha value is -3.85. The summed E-state index contributed by atoms with van der Waals surface area (Å²) in [7, 11) is 0. The first-order chi connectivity index (χ1) is 15.3. The molecule has 7 rings (SSSR count). The summed E-state index contributed by atoms with van der Waals surface area (Å²) in [6.07, 6.45) is 0.999. The molecule has 0 saturated carbocycles. The molecule has 31 heavy (non-hydrogen) atoms. The first-order valence-corrected chi connectivity index (χ1v) is 10.8. The van der Waals surface area contributed by atoms with Crippen LogP contribution in [0.15, 0.2) is 91.0 Å². The van der Waals surface area contributed by atoms with Gasteiger partial charge >= 0.3 is 0 Å². The number of hydrogen-bond acceptors (Lipinski definition) is 2. The summed E-state index contributed by atoms with van der Waals surface area (Å²) in [5.41, 5.74) is 7.73. The summed E-state index contributed by atoms with van der Waals surface area (Å²) in [5.74, 6) is 2.83. The lowest BCUT2D eigenvalue weighted by atomic mass is 9.68. The smallest absolute Gasteiger partial charge is 0.134 e. The van der Waals surface area contributed by atoms with Crippen molar-refractivity contribution in [3.05, 3.63) is 119 Å². The Bertz CT molecular complexity index is 1470. The Morgan fingerprint density at radius 3 is 2.13 bits per heavy atom. The fraction of sp³-hybridized carbons (Fsp3) is 0.107. The van der Waals surface area contributed by atoms with E-state index in [0.717, 1.165) is 45.9 Å². The van der Waals surface area contributed by atoms with Crippen molar-refractivity contribution in [2.24, 2.45) is 0 Å². The minimum atomic E-state index is -0.507. The lowest BCUT2D eigenvalue weighted by Gasteiger charge is -2.37. The van der Waals surface area contributed by atoms with Crippen LogP contribution in [-0.2, 0) is 11.8 Å². The minimum absolute atomic E-state index is 0.507. The second-order valence-corrected chi connectivity index (χ2v) is 8.31. The largest absolute Gasteiger partial charge is 0.457 e. The van der Waals surface area contributed by atoms with Gasteiger partial charge in [-0.2, -0.15) is 0 Å². The van der Waals surface area contributed by atoms with Crippen molar-refractivity contribution >= 4 is 11.0 Å². The van der Waals surface area contributed by atoms with Crippen molar-refractivity contribution in [3.8, 4) is 17.2 Å². The number of benzene rings is 4. The van der Waals surface area contributed by atoms with Gasteiger partial charge in [0.1, 0.15) is 22.7 Å². The maximum absolute atomic E-state index is 6.37. The molecule has 0 saturated heterocycles. The Morgan fingerprint density at radius 1 is 0.774 bits per heavy atom. The van der Waals surface area contributed by atoms with Crippen LogP contribution < -0.4 is 4.74 Å². The van der Waals surface area contributed by atoms with Gasteiger partial charge in [0.05, 0.1) is 16.7 Å². The number of imidazole rings is 1. The van der Waals surface area contributed by atoms with Crippen molar-refractivity contribution in [3.63, 3.8) is 0 Å². The number of aryl methyl sites for hydroxylation is 1. The zero-order valence-electron chi connectivity index (χ0n) is 17.2. The Morgan fingerprint density at radius 2 is 1.42 bits per heavy atom. The minimum Gasteiger partial charge on any atom is -0.457 e. The number of para-hydroxylation sites is 3. The molecule has 148 valence electrons. The predicted octanol–water partition coefficient (Wildman–Crippen LogP) is 6.39. The van der Waals surface area contributed by atoms with Crippen LogP contribution in [0.3, 0.4) is 0 Å².